The van der Waals surface area contributed by atoms with E-state index in [1.165, 1.54) is 38.8 Å². The van der Waals surface area contributed by atoms with E-state index < -0.39 is 5.41 Å². The molecule has 5 rings (SSSR count). The topological polar surface area (TPSA) is 63.9 Å². The van der Waals surface area contributed by atoms with Gasteiger partial charge >= 0.3 is 5.97 Å². The summed E-state index contributed by atoms with van der Waals surface area (Å²) in [6, 6.07) is 21.6. The number of carbonyl (C=O) groups is 1. The zero-order valence-corrected chi connectivity index (χ0v) is 24.8. The molecule has 1 aromatic heterocycles. The van der Waals surface area contributed by atoms with Gasteiger partial charge < -0.3 is 19.1 Å². The Morgan fingerprint density at radius 1 is 0.878 bits per heavy atom. The second-order valence-electron chi connectivity index (χ2n) is 12.2. The number of hydrogen-bond donors (Lipinski definition) is 1. The quantitative estimate of drug-likeness (QED) is 0.180. The van der Waals surface area contributed by atoms with Gasteiger partial charge in [0.05, 0.1) is 11.1 Å². The van der Waals surface area contributed by atoms with Crippen molar-refractivity contribution < 1.29 is 19.4 Å². The molecule has 1 aliphatic heterocycles. The van der Waals surface area contributed by atoms with Gasteiger partial charge in [-0.15, -0.1) is 0 Å². The molecule has 1 aliphatic rings. The monoisotopic (exact) mass is 554 g/mol. The molecule has 0 unspecified atom stereocenters. The number of likely N-dealkylation sites (tertiary alicyclic amines) is 1. The van der Waals surface area contributed by atoms with E-state index in [0.29, 0.717) is 18.9 Å². The van der Waals surface area contributed by atoms with Crippen LogP contribution in [-0.2, 0) is 11.3 Å². The third-order valence-corrected chi connectivity index (χ3v) is 7.89. The molecular weight excluding hydrogens is 512 g/mol. The summed E-state index contributed by atoms with van der Waals surface area (Å²) in [7, 11) is 0. The van der Waals surface area contributed by atoms with E-state index in [0.717, 1.165) is 45.6 Å². The molecule has 4 aromatic rings. The van der Waals surface area contributed by atoms with Gasteiger partial charge in [0.1, 0.15) is 23.9 Å². The molecule has 6 heteroatoms. The van der Waals surface area contributed by atoms with Crippen molar-refractivity contribution in [1.82, 2.24) is 9.47 Å². The van der Waals surface area contributed by atoms with Crippen LogP contribution in [0.25, 0.3) is 22.2 Å². The van der Waals surface area contributed by atoms with Gasteiger partial charge in [-0.2, -0.15) is 0 Å². The normalized spacial score (nSPS) is 14.6. The average Bonchev–Trinajstić information content (AvgIpc) is 3.09. The highest BCUT2D eigenvalue weighted by Gasteiger charge is 2.24. The van der Waals surface area contributed by atoms with Crippen molar-refractivity contribution in [3.05, 3.63) is 77.9 Å². The van der Waals surface area contributed by atoms with E-state index >= 15 is 0 Å². The van der Waals surface area contributed by atoms with E-state index in [2.05, 4.69) is 40.7 Å². The summed E-state index contributed by atoms with van der Waals surface area (Å²) >= 11 is 0. The van der Waals surface area contributed by atoms with Crippen molar-refractivity contribution in [2.24, 2.45) is 5.41 Å². The molecule has 216 valence electrons. The molecular formula is C35H42N2O4. The van der Waals surface area contributed by atoms with Gasteiger partial charge in [0.2, 0.25) is 0 Å². The summed E-state index contributed by atoms with van der Waals surface area (Å²) in [5.41, 5.74) is 4.81. The van der Waals surface area contributed by atoms with E-state index in [1.807, 2.05) is 57.2 Å². The van der Waals surface area contributed by atoms with Gasteiger partial charge in [-0.1, -0.05) is 25.0 Å². The number of aryl methyl sites for hydroxylation is 1. The van der Waals surface area contributed by atoms with Gasteiger partial charge in [0.25, 0.3) is 0 Å². The number of carbonyl (C=O) groups excluding carboxylic acids is 1. The lowest BCUT2D eigenvalue weighted by atomic mass is 9.97. The predicted octanol–water partition coefficient (Wildman–Crippen LogP) is 7.58. The van der Waals surface area contributed by atoms with Crippen molar-refractivity contribution in [3.8, 4) is 28.5 Å². The van der Waals surface area contributed by atoms with Crippen molar-refractivity contribution in [1.29, 1.82) is 0 Å². The summed E-state index contributed by atoms with van der Waals surface area (Å²) < 4.78 is 14.0. The third kappa shape index (κ3) is 6.94. The zero-order valence-electron chi connectivity index (χ0n) is 24.8. The maximum atomic E-state index is 12.4. The molecule has 0 saturated carbocycles. The van der Waals surface area contributed by atoms with Crippen molar-refractivity contribution in [2.75, 3.05) is 26.2 Å². The summed E-state index contributed by atoms with van der Waals surface area (Å²) in [5.74, 6) is 1.40. The van der Waals surface area contributed by atoms with Crippen molar-refractivity contribution in [3.63, 3.8) is 0 Å². The lowest BCUT2D eigenvalue weighted by molar-refractivity contribution is -0.143. The van der Waals surface area contributed by atoms with Crippen LogP contribution >= 0.6 is 0 Å². The first-order valence-electron chi connectivity index (χ1n) is 14.8. The van der Waals surface area contributed by atoms with Crippen molar-refractivity contribution in [2.45, 2.75) is 59.9 Å². The molecule has 41 heavy (non-hydrogen) atoms. The number of phenols is 1. The SMILES string of the molecule is Cc1c(-c2ccc(OC(=O)C(C)(C)C)cc2)n(Cc2ccc(OCCN3CCCCCC3)cc2)c2ccc(O)cc12. The van der Waals surface area contributed by atoms with Crippen LogP contribution in [0.5, 0.6) is 17.2 Å². The lowest BCUT2D eigenvalue weighted by Gasteiger charge is -2.19. The summed E-state index contributed by atoms with van der Waals surface area (Å²) in [6.07, 6.45) is 5.27. The summed E-state index contributed by atoms with van der Waals surface area (Å²) in [5, 5.41) is 11.2. The van der Waals surface area contributed by atoms with Gasteiger partial charge in [-0.3, -0.25) is 9.69 Å². The molecule has 1 N–H and O–H groups in total. The number of hydrogen-bond acceptors (Lipinski definition) is 5. The number of ether oxygens (including phenoxy) is 2. The van der Waals surface area contributed by atoms with Crippen molar-refractivity contribution >= 4 is 16.9 Å². The first kappa shape index (κ1) is 28.7. The minimum Gasteiger partial charge on any atom is -0.508 e. The molecule has 1 saturated heterocycles. The van der Waals surface area contributed by atoms with E-state index in [-0.39, 0.29) is 11.7 Å². The Balaban J connectivity index is 1.35. The third-order valence-electron chi connectivity index (χ3n) is 7.89. The van der Waals surface area contributed by atoms with E-state index in [9.17, 15) is 9.90 Å². The minimum absolute atomic E-state index is 0.246. The van der Waals surface area contributed by atoms with Crippen LogP contribution in [0.3, 0.4) is 0 Å². The Morgan fingerprint density at radius 2 is 1.54 bits per heavy atom. The largest absolute Gasteiger partial charge is 0.508 e. The second kappa shape index (κ2) is 12.4. The summed E-state index contributed by atoms with van der Waals surface area (Å²) in [4.78, 5) is 14.9. The molecule has 0 atom stereocenters. The molecule has 0 aliphatic carbocycles. The molecule has 6 nitrogen and oxygen atoms in total. The van der Waals surface area contributed by atoms with Crippen LogP contribution in [0.2, 0.25) is 0 Å². The first-order valence-corrected chi connectivity index (χ1v) is 14.8. The van der Waals surface area contributed by atoms with Crippen LogP contribution in [0.15, 0.2) is 66.7 Å². The Hall–Kier alpha value is -3.77. The highest BCUT2D eigenvalue weighted by atomic mass is 16.5. The number of aromatic hydroxyl groups is 1. The number of benzene rings is 3. The molecule has 3 aromatic carbocycles. The van der Waals surface area contributed by atoms with Crippen LogP contribution in [0.4, 0.5) is 0 Å². The Morgan fingerprint density at radius 3 is 2.20 bits per heavy atom. The fraction of sp³-hybridized carbons (Fsp3) is 0.400. The molecule has 0 radical (unpaired) electrons. The molecule has 0 bridgehead atoms. The van der Waals surface area contributed by atoms with Gasteiger partial charge in [0, 0.05) is 24.0 Å². The smallest absolute Gasteiger partial charge is 0.316 e. The van der Waals surface area contributed by atoms with Crippen LogP contribution < -0.4 is 9.47 Å². The van der Waals surface area contributed by atoms with Gasteiger partial charge in [-0.05, 0) is 125 Å². The second-order valence-corrected chi connectivity index (χ2v) is 12.2. The highest BCUT2D eigenvalue weighted by Crippen LogP contribution is 2.36. The molecule has 1 fully saturated rings. The Kier molecular flexibility index (Phi) is 8.69. The number of nitrogens with zero attached hydrogens (tertiary/aromatic N) is 2. The number of rotatable bonds is 8. The number of aromatic nitrogens is 1. The zero-order chi connectivity index (χ0) is 29.0. The van der Waals surface area contributed by atoms with E-state index in [4.69, 9.17) is 9.47 Å². The minimum atomic E-state index is -0.572. The fourth-order valence-electron chi connectivity index (χ4n) is 5.51. The maximum Gasteiger partial charge on any atom is 0.316 e. The van der Waals surface area contributed by atoms with Gasteiger partial charge in [0.15, 0.2) is 0 Å². The lowest BCUT2D eigenvalue weighted by Crippen LogP contribution is -2.29. The van der Waals surface area contributed by atoms with Crippen LogP contribution in [0.1, 0.15) is 57.6 Å². The number of fused-ring (bicyclic) bond motifs is 1. The highest BCUT2D eigenvalue weighted by molar-refractivity contribution is 5.92. The summed E-state index contributed by atoms with van der Waals surface area (Å²) in [6.45, 7) is 12.3. The first-order chi connectivity index (χ1) is 19.7. The fourth-order valence-corrected chi connectivity index (χ4v) is 5.51. The maximum absolute atomic E-state index is 12.4. The molecule has 2 heterocycles. The van der Waals surface area contributed by atoms with Gasteiger partial charge in [-0.25, -0.2) is 0 Å². The van der Waals surface area contributed by atoms with Crippen LogP contribution in [0, 0.1) is 12.3 Å². The predicted molar refractivity (Wildman–Crippen MR) is 165 cm³/mol. The number of phenolic OH excluding ortho intramolecular Hbond substituents is 1. The Labute approximate surface area is 243 Å². The van der Waals surface area contributed by atoms with Crippen LogP contribution in [-0.4, -0.2) is 46.8 Å². The average molecular weight is 555 g/mol. The number of esters is 1. The standard InChI is InChI=1S/C35H42N2O4/c1-25-31-23-28(38)13-18-32(31)37(33(25)27-11-16-30(17-12-27)41-34(39)35(2,3)4)24-26-9-14-29(15-10-26)40-22-21-36-19-7-5-6-8-20-36/h9-18,23,38H,5-8,19-22,24H2,1-4H3. The Bertz CT molecular complexity index is 1470. The van der Waals surface area contributed by atoms with E-state index in [1.54, 1.807) is 6.07 Å². The molecule has 0 amide bonds. The molecule has 0 spiro atoms.